The fourth-order valence-electron chi connectivity index (χ4n) is 2.41. The average molecular weight is 349 g/mol. The summed E-state index contributed by atoms with van der Waals surface area (Å²) in [6, 6.07) is 15.6. The molecule has 0 fully saturated rings. The van der Waals surface area contributed by atoms with Gasteiger partial charge in [0.25, 0.3) is 0 Å². The number of pyridine rings is 1. The Labute approximate surface area is 148 Å². The fraction of sp³-hybridized carbons (Fsp3) is 0.111. The summed E-state index contributed by atoms with van der Waals surface area (Å²) < 4.78 is 6.97. The van der Waals surface area contributed by atoms with E-state index in [4.69, 9.17) is 4.74 Å². The summed E-state index contributed by atoms with van der Waals surface area (Å²) in [5, 5.41) is 14.0. The number of nitrogens with zero attached hydrogens (tertiary/aromatic N) is 5. The number of rotatable bonds is 5. The van der Waals surface area contributed by atoms with Crippen LogP contribution in [0.5, 0.6) is 5.75 Å². The summed E-state index contributed by atoms with van der Waals surface area (Å²) in [4.78, 5) is 4.14. The Balaban J connectivity index is 1.62. The van der Waals surface area contributed by atoms with Crippen molar-refractivity contribution in [3.63, 3.8) is 0 Å². The number of thioether (sulfide) groups is 1. The summed E-state index contributed by atoms with van der Waals surface area (Å²) in [6.07, 6.45) is 3.64. The van der Waals surface area contributed by atoms with E-state index in [1.54, 1.807) is 29.6 Å². The highest BCUT2D eigenvalue weighted by atomic mass is 32.2. The Morgan fingerprint density at radius 2 is 1.92 bits per heavy atom. The molecule has 0 bridgehead atoms. The molecule has 0 aliphatic carbocycles. The van der Waals surface area contributed by atoms with Crippen LogP contribution in [-0.4, -0.2) is 31.9 Å². The van der Waals surface area contributed by atoms with Crippen molar-refractivity contribution in [3.8, 4) is 17.1 Å². The summed E-state index contributed by atoms with van der Waals surface area (Å²) in [5.74, 6) is 2.33. The molecule has 1 aromatic carbocycles. The van der Waals surface area contributed by atoms with Crippen molar-refractivity contribution in [2.45, 2.75) is 10.8 Å². The Bertz CT molecular complexity index is 985. The molecule has 0 radical (unpaired) electrons. The second kappa shape index (κ2) is 6.90. The lowest BCUT2D eigenvalue weighted by Crippen LogP contribution is -1.97. The molecule has 0 saturated carbocycles. The Morgan fingerprint density at radius 1 is 1.04 bits per heavy atom. The Kier molecular flexibility index (Phi) is 4.30. The van der Waals surface area contributed by atoms with E-state index in [-0.39, 0.29) is 0 Å². The molecule has 0 amide bonds. The molecule has 0 saturated heterocycles. The summed E-state index contributed by atoms with van der Waals surface area (Å²) in [6.45, 7) is 0. The highest BCUT2D eigenvalue weighted by Gasteiger charge is 2.10. The molecular formula is C18H15N5OS. The highest BCUT2D eigenvalue weighted by Crippen LogP contribution is 2.24. The van der Waals surface area contributed by atoms with Crippen molar-refractivity contribution < 1.29 is 4.74 Å². The number of benzene rings is 1. The summed E-state index contributed by atoms with van der Waals surface area (Å²) in [7, 11) is 1.65. The lowest BCUT2D eigenvalue weighted by Gasteiger charge is -2.04. The van der Waals surface area contributed by atoms with Crippen LogP contribution in [0.3, 0.4) is 0 Å². The molecule has 0 N–H and O–H groups in total. The summed E-state index contributed by atoms with van der Waals surface area (Å²) >= 11 is 1.65. The molecule has 0 aliphatic rings. The topological polar surface area (TPSA) is 65.2 Å². The van der Waals surface area contributed by atoms with E-state index in [0.717, 1.165) is 33.3 Å². The van der Waals surface area contributed by atoms with E-state index in [9.17, 15) is 0 Å². The van der Waals surface area contributed by atoms with Crippen LogP contribution in [0.4, 0.5) is 0 Å². The molecule has 0 aliphatic heterocycles. The second-order valence-corrected chi connectivity index (χ2v) is 6.34. The second-order valence-electron chi connectivity index (χ2n) is 5.34. The van der Waals surface area contributed by atoms with Crippen LogP contribution in [0.2, 0.25) is 0 Å². The van der Waals surface area contributed by atoms with Gasteiger partial charge in [-0.15, -0.1) is 10.2 Å². The fourth-order valence-corrected chi connectivity index (χ4v) is 3.20. The number of methoxy groups -OCH3 is 1. The Hall–Kier alpha value is -2.93. The zero-order chi connectivity index (χ0) is 17.1. The molecule has 0 atom stereocenters. The van der Waals surface area contributed by atoms with Gasteiger partial charge in [0.1, 0.15) is 10.8 Å². The normalized spacial score (nSPS) is 10.9. The maximum Gasteiger partial charge on any atom is 0.185 e. The number of aromatic nitrogens is 5. The molecule has 124 valence electrons. The van der Waals surface area contributed by atoms with Crippen molar-refractivity contribution in [2.24, 2.45) is 0 Å². The van der Waals surface area contributed by atoms with Crippen molar-refractivity contribution in [3.05, 3.63) is 66.5 Å². The van der Waals surface area contributed by atoms with Gasteiger partial charge in [-0.2, -0.15) is 9.61 Å². The minimum Gasteiger partial charge on any atom is -0.497 e. The van der Waals surface area contributed by atoms with E-state index >= 15 is 0 Å². The third-order valence-corrected chi connectivity index (χ3v) is 4.69. The number of hydrogen-bond acceptors (Lipinski definition) is 6. The number of hydrogen-bond donors (Lipinski definition) is 0. The molecule has 0 spiro atoms. The SMILES string of the molecule is COc1ccc(-c2nnc3ccc(SCc4cccnc4)nn23)cc1. The quantitative estimate of drug-likeness (QED) is 0.514. The van der Waals surface area contributed by atoms with Crippen molar-refractivity contribution in [2.75, 3.05) is 7.11 Å². The summed E-state index contributed by atoms with van der Waals surface area (Å²) in [5.41, 5.74) is 2.82. The third kappa shape index (κ3) is 3.32. The number of fused-ring (bicyclic) bond motifs is 1. The predicted molar refractivity (Wildman–Crippen MR) is 96.6 cm³/mol. The van der Waals surface area contributed by atoms with Gasteiger partial charge in [-0.05, 0) is 48.0 Å². The van der Waals surface area contributed by atoms with Crippen LogP contribution in [0.15, 0.2) is 66.0 Å². The lowest BCUT2D eigenvalue weighted by atomic mass is 10.2. The van der Waals surface area contributed by atoms with Crippen LogP contribution in [0.25, 0.3) is 17.0 Å². The van der Waals surface area contributed by atoms with E-state index < -0.39 is 0 Å². The van der Waals surface area contributed by atoms with Gasteiger partial charge < -0.3 is 4.74 Å². The first kappa shape index (κ1) is 15.6. The molecule has 0 unspecified atom stereocenters. The smallest absolute Gasteiger partial charge is 0.185 e. The van der Waals surface area contributed by atoms with Crippen LogP contribution >= 0.6 is 11.8 Å². The van der Waals surface area contributed by atoms with Crippen LogP contribution in [0.1, 0.15) is 5.56 Å². The van der Waals surface area contributed by atoms with Crippen LogP contribution < -0.4 is 4.74 Å². The lowest BCUT2D eigenvalue weighted by molar-refractivity contribution is 0.415. The average Bonchev–Trinajstić information content (AvgIpc) is 3.10. The third-order valence-electron chi connectivity index (χ3n) is 3.70. The van der Waals surface area contributed by atoms with Crippen LogP contribution in [0, 0.1) is 0 Å². The van der Waals surface area contributed by atoms with Gasteiger partial charge in [-0.1, -0.05) is 17.8 Å². The molecule has 3 heterocycles. The maximum absolute atomic E-state index is 5.20. The van der Waals surface area contributed by atoms with Gasteiger partial charge in [0, 0.05) is 23.7 Å². The molecular weight excluding hydrogens is 334 g/mol. The van der Waals surface area contributed by atoms with Gasteiger partial charge in [0.2, 0.25) is 0 Å². The molecule has 3 aromatic heterocycles. The number of ether oxygens (including phenoxy) is 1. The highest BCUT2D eigenvalue weighted by molar-refractivity contribution is 7.98. The van der Waals surface area contributed by atoms with Crippen LogP contribution in [-0.2, 0) is 5.75 Å². The monoisotopic (exact) mass is 349 g/mol. The van der Waals surface area contributed by atoms with Crippen molar-refractivity contribution in [1.82, 2.24) is 24.8 Å². The van der Waals surface area contributed by atoms with E-state index in [1.165, 1.54) is 0 Å². The standard InChI is InChI=1S/C18H15N5OS/c1-24-15-6-4-14(5-7-15)18-21-20-16-8-9-17(22-23(16)18)25-12-13-3-2-10-19-11-13/h2-11H,12H2,1H3. The Morgan fingerprint density at radius 3 is 2.68 bits per heavy atom. The van der Waals surface area contributed by atoms with Gasteiger partial charge in [0.15, 0.2) is 11.5 Å². The van der Waals surface area contributed by atoms with Gasteiger partial charge in [-0.3, -0.25) is 4.98 Å². The predicted octanol–water partition coefficient (Wildman–Crippen LogP) is 3.49. The molecule has 25 heavy (non-hydrogen) atoms. The van der Waals surface area contributed by atoms with Gasteiger partial charge in [-0.25, -0.2) is 0 Å². The van der Waals surface area contributed by atoms with E-state index in [2.05, 4.69) is 26.3 Å². The molecule has 4 rings (SSSR count). The van der Waals surface area contributed by atoms with E-state index in [1.807, 2.05) is 48.7 Å². The van der Waals surface area contributed by atoms with Crippen molar-refractivity contribution in [1.29, 1.82) is 0 Å². The maximum atomic E-state index is 5.20. The minimum atomic E-state index is 0.710. The van der Waals surface area contributed by atoms with Gasteiger partial charge in [0.05, 0.1) is 7.11 Å². The van der Waals surface area contributed by atoms with Crippen molar-refractivity contribution >= 4 is 17.4 Å². The molecule has 4 aromatic rings. The first-order valence-electron chi connectivity index (χ1n) is 7.72. The molecule has 7 heteroatoms. The van der Waals surface area contributed by atoms with Gasteiger partial charge >= 0.3 is 0 Å². The first-order valence-corrected chi connectivity index (χ1v) is 8.70. The molecule has 6 nitrogen and oxygen atoms in total. The zero-order valence-corrected chi connectivity index (χ0v) is 14.3. The minimum absolute atomic E-state index is 0.710. The van der Waals surface area contributed by atoms with E-state index in [0.29, 0.717) is 5.82 Å². The zero-order valence-electron chi connectivity index (χ0n) is 13.5. The first-order chi connectivity index (χ1) is 12.3. The largest absolute Gasteiger partial charge is 0.497 e.